The molecular weight excluding hydrogens is 435 g/mol. The minimum Gasteiger partial charge on any atom is -0.418 e. The van der Waals surface area contributed by atoms with Crippen LogP contribution in [-0.4, -0.2) is 86.5 Å². The molecule has 2 aromatic heterocycles. The molecule has 4 aromatic rings. The number of rotatable bonds is 1. The van der Waals surface area contributed by atoms with Crippen LogP contribution >= 0.6 is 0 Å². The molecule has 4 rings (SSSR count). The summed E-state index contributed by atoms with van der Waals surface area (Å²) < 4.78 is 40.9. The molecule has 0 saturated carbocycles. The van der Waals surface area contributed by atoms with Crippen LogP contribution < -0.4 is 4.84 Å². The number of amidine groups is 1. The first-order chi connectivity index (χ1) is 15.0. The summed E-state index contributed by atoms with van der Waals surface area (Å²) in [6.07, 6.45) is 0. The molecule has 172 valence electrons. The minimum atomic E-state index is -6.00. The van der Waals surface area contributed by atoms with Crippen molar-refractivity contribution in [1.82, 2.24) is 35.2 Å². The predicted molar refractivity (Wildman–Crippen MR) is 110 cm³/mol. The number of nitrogens with zero attached hydrogens (tertiary/aromatic N) is 8. The fourth-order valence-electron chi connectivity index (χ4n) is 2.41. The van der Waals surface area contributed by atoms with Crippen molar-refractivity contribution < 1.29 is 31.9 Å². The number of aromatic nitrogens is 6. The van der Waals surface area contributed by atoms with Gasteiger partial charge in [0.1, 0.15) is 22.1 Å². The molecule has 1 N–H and O–H groups in total. The molecule has 0 fully saturated rings. The number of para-hydroxylation sites is 2. The zero-order chi connectivity index (χ0) is 23.9. The molecule has 0 aliphatic rings. The zero-order valence-electron chi connectivity index (χ0n) is 17.6. The van der Waals surface area contributed by atoms with Crippen molar-refractivity contribution in [2.45, 2.75) is 0 Å². The number of hydrogen-bond donors (Lipinski definition) is 1. The van der Waals surface area contributed by atoms with Gasteiger partial charge in [-0.2, -0.15) is 0 Å². The second kappa shape index (κ2) is 10.4. The van der Waals surface area contributed by atoms with E-state index in [0.717, 1.165) is 15.9 Å². The van der Waals surface area contributed by atoms with Gasteiger partial charge in [0.15, 0.2) is 0 Å². The van der Waals surface area contributed by atoms with Gasteiger partial charge < -0.3 is 22.5 Å². The normalized spacial score (nSPS) is 10.6. The first kappa shape index (κ1) is 24.4. The van der Waals surface area contributed by atoms with Crippen molar-refractivity contribution in [3.63, 3.8) is 0 Å². The summed E-state index contributed by atoms with van der Waals surface area (Å²) in [6.45, 7) is 0. The van der Waals surface area contributed by atoms with Gasteiger partial charge in [0.05, 0.1) is 28.2 Å². The Morgan fingerprint density at radius 3 is 1.88 bits per heavy atom. The topological polar surface area (TPSA) is 97.1 Å². The summed E-state index contributed by atoms with van der Waals surface area (Å²) in [5.41, 5.74) is 2.98. The number of hydrogen-bond acceptors (Lipinski definition) is 6. The van der Waals surface area contributed by atoms with Crippen molar-refractivity contribution in [1.29, 1.82) is 0 Å². The molecule has 2 aromatic carbocycles. The maximum Gasteiger partial charge on any atom is 0.673 e. The Hall–Kier alpha value is -3.91. The quantitative estimate of drug-likeness (QED) is 0.117. The van der Waals surface area contributed by atoms with Gasteiger partial charge in [-0.15, -0.1) is 10.2 Å². The third-order valence-corrected chi connectivity index (χ3v) is 3.59. The van der Waals surface area contributed by atoms with E-state index in [0.29, 0.717) is 17.1 Å². The molecule has 0 bridgehead atoms. The predicted octanol–water partition coefficient (Wildman–Crippen LogP) is 2.02. The third kappa shape index (κ3) is 7.10. The fourth-order valence-corrected chi connectivity index (χ4v) is 2.41. The molecule has 0 amide bonds. The van der Waals surface area contributed by atoms with Crippen molar-refractivity contribution in [2.75, 3.05) is 28.2 Å². The molecule has 0 aliphatic heterocycles. The first-order valence-corrected chi connectivity index (χ1v) is 9.04. The number of halogens is 4. The van der Waals surface area contributed by atoms with E-state index in [-0.39, 0.29) is 0 Å². The smallest absolute Gasteiger partial charge is 0.418 e. The summed E-state index contributed by atoms with van der Waals surface area (Å²) in [5, 5.41) is 24.1. The van der Waals surface area contributed by atoms with Gasteiger partial charge >= 0.3 is 13.3 Å². The molecule has 0 aliphatic carbocycles. The summed E-state index contributed by atoms with van der Waals surface area (Å²) in [4.78, 5) is 9.75. The molecular formula is C17H21BF4N8O2. The van der Waals surface area contributed by atoms with Gasteiger partial charge in [0, 0.05) is 0 Å². The van der Waals surface area contributed by atoms with E-state index in [2.05, 4.69) is 20.6 Å². The van der Waals surface area contributed by atoms with Gasteiger partial charge in [0.25, 0.3) is 0 Å². The largest absolute Gasteiger partial charge is 0.673 e. The zero-order valence-corrected chi connectivity index (χ0v) is 17.6. The summed E-state index contributed by atoms with van der Waals surface area (Å²) in [6, 6.07) is 15.5. The summed E-state index contributed by atoms with van der Waals surface area (Å²) >= 11 is 0. The average molecular weight is 456 g/mol. The summed E-state index contributed by atoms with van der Waals surface area (Å²) in [5.74, 6) is 0. The van der Waals surface area contributed by atoms with Crippen LogP contribution in [0.3, 0.4) is 0 Å². The Morgan fingerprint density at radius 1 is 0.906 bits per heavy atom. The monoisotopic (exact) mass is 456 g/mol. The van der Waals surface area contributed by atoms with Crippen LogP contribution in [0, 0.1) is 0 Å². The van der Waals surface area contributed by atoms with Gasteiger partial charge in [-0.05, 0) is 34.7 Å². The lowest BCUT2D eigenvalue weighted by atomic mass is 10.3. The molecule has 0 spiro atoms. The van der Waals surface area contributed by atoms with E-state index >= 15 is 0 Å². The van der Waals surface area contributed by atoms with Crippen molar-refractivity contribution in [3.05, 3.63) is 48.5 Å². The molecule has 0 unspecified atom stereocenters. The first-order valence-electron chi connectivity index (χ1n) is 9.04. The number of benzene rings is 2. The van der Waals surface area contributed by atoms with Gasteiger partial charge in [0.2, 0.25) is 0 Å². The highest BCUT2D eigenvalue weighted by molar-refractivity contribution is 6.50. The van der Waals surface area contributed by atoms with Crippen LogP contribution in [0.4, 0.5) is 17.3 Å². The lowest BCUT2D eigenvalue weighted by Crippen LogP contribution is -2.39. The fraction of sp³-hybridized carbons (Fsp3) is 0.235. The molecule has 0 radical (unpaired) electrons. The highest BCUT2D eigenvalue weighted by Gasteiger charge is 2.20. The van der Waals surface area contributed by atoms with Crippen molar-refractivity contribution in [2.24, 2.45) is 0 Å². The summed E-state index contributed by atoms with van der Waals surface area (Å²) in [7, 11) is 1.64. The minimum absolute atomic E-state index is 0.627. The highest BCUT2D eigenvalue weighted by Crippen LogP contribution is 2.08. The standard InChI is InChI=1S/C11H16N5O.C6H5N3O.BF4/c1-14(2)11(15(3)4)17-16-10-8-6-5-7-9(10)12-13-16;10-9-6-4-2-1-3-5(6)7-8-9;2-1(3,4)5/h5-8H,1-4H3;1-4,10H;/q+1;;-1. The molecule has 0 atom stereocenters. The van der Waals surface area contributed by atoms with Crippen molar-refractivity contribution >= 4 is 35.3 Å². The molecule has 10 nitrogen and oxygen atoms in total. The lowest BCUT2D eigenvalue weighted by Gasteiger charge is -2.10. The van der Waals surface area contributed by atoms with Crippen LogP contribution in [0.15, 0.2) is 48.5 Å². The van der Waals surface area contributed by atoms with Crippen LogP contribution in [0.1, 0.15) is 0 Å². The number of fused-ring (bicyclic) bond motifs is 2. The Labute approximate surface area is 179 Å². The Morgan fingerprint density at radius 2 is 1.38 bits per heavy atom. The lowest BCUT2D eigenvalue weighted by molar-refractivity contribution is -0.480. The van der Waals surface area contributed by atoms with E-state index < -0.39 is 7.25 Å². The van der Waals surface area contributed by atoms with Gasteiger partial charge in [-0.1, -0.05) is 34.0 Å². The highest BCUT2D eigenvalue weighted by atomic mass is 19.5. The van der Waals surface area contributed by atoms with Crippen molar-refractivity contribution in [3.8, 4) is 0 Å². The van der Waals surface area contributed by atoms with E-state index in [1.807, 2.05) is 74.1 Å². The molecule has 0 saturated heterocycles. The molecule has 2 heterocycles. The molecule has 32 heavy (non-hydrogen) atoms. The van der Waals surface area contributed by atoms with Gasteiger partial charge in [-0.25, -0.2) is 9.48 Å². The van der Waals surface area contributed by atoms with Crippen LogP contribution in [0.25, 0.3) is 22.1 Å². The van der Waals surface area contributed by atoms with E-state index in [1.165, 1.54) is 4.85 Å². The maximum absolute atomic E-state index is 9.75. The average Bonchev–Trinajstić information content (AvgIpc) is 3.29. The van der Waals surface area contributed by atoms with Crippen LogP contribution in [0.5, 0.6) is 0 Å². The molecule has 15 heteroatoms. The second-order valence-electron chi connectivity index (χ2n) is 6.58. The Kier molecular flexibility index (Phi) is 7.93. The third-order valence-electron chi connectivity index (χ3n) is 3.59. The second-order valence-corrected chi connectivity index (χ2v) is 6.58. The van der Waals surface area contributed by atoms with Crippen LogP contribution in [0.2, 0.25) is 0 Å². The van der Waals surface area contributed by atoms with E-state index in [1.54, 1.807) is 12.1 Å². The van der Waals surface area contributed by atoms with E-state index in [9.17, 15) is 17.3 Å². The SMILES string of the molecule is CN(C)C(On1nnc2ccccc21)=[N+](C)C.F[B-](F)(F)F.On1nnc2ccccc21. The van der Waals surface area contributed by atoms with E-state index in [4.69, 9.17) is 10.0 Å². The Bertz CT molecular complexity index is 1180. The van der Waals surface area contributed by atoms with Crippen LogP contribution in [-0.2, 0) is 0 Å². The Balaban J connectivity index is 0.000000203. The maximum atomic E-state index is 9.75. The van der Waals surface area contributed by atoms with Gasteiger partial charge in [-0.3, -0.25) is 4.84 Å².